The summed E-state index contributed by atoms with van der Waals surface area (Å²) in [5.41, 5.74) is 0. The summed E-state index contributed by atoms with van der Waals surface area (Å²) in [5.74, 6) is 0. The van der Waals surface area contributed by atoms with E-state index in [0.29, 0.717) is 4.90 Å². The van der Waals surface area contributed by atoms with Gasteiger partial charge < -0.3 is 5.11 Å². The van der Waals surface area contributed by atoms with Crippen LogP contribution in [-0.4, -0.2) is 11.3 Å². The smallest absolute Gasteiger partial charge is 0.111 e. The van der Waals surface area contributed by atoms with Gasteiger partial charge in [0.1, 0.15) is 6.23 Å². The van der Waals surface area contributed by atoms with Crippen molar-refractivity contribution in [3.05, 3.63) is 25.1 Å². The average Bonchev–Trinajstić information content (AvgIpc) is 2.23. The first-order chi connectivity index (χ1) is 7.36. The van der Waals surface area contributed by atoms with Gasteiger partial charge in [-0.05, 0) is 18.9 Å². The predicted molar refractivity (Wildman–Crippen MR) is 72.2 cm³/mol. The molecule has 0 bridgehead atoms. The Hall–Kier alpha value is 0.940. The van der Waals surface area contributed by atoms with Crippen LogP contribution in [-0.2, 0) is 0 Å². The molecule has 2 N–H and O–H groups in total. The Morgan fingerprint density at radius 2 is 1.31 bits per heavy atom. The predicted octanol–water partition coefficient (Wildman–Crippen LogP) is 4.89. The molecule has 0 saturated heterocycles. The van der Waals surface area contributed by atoms with E-state index in [-0.39, 0.29) is 25.1 Å². The SMILES string of the molecule is CC(O)NSc1c(Cl)c(Cl)c(Cl)c(Cl)c1Cl. The lowest BCUT2D eigenvalue weighted by atomic mass is 10.3. The standard InChI is InChI=1S/C8H6Cl5NOS/c1-2(15)14-16-8-6(12)4(10)3(9)5(11)7(8)13/h2,14-15H,1H3. The molecule has 1 unspecified atom stereocenters. The van der Waals surface area contributed by atoms with Crippen molar-refractivity contribution in [1.29, 1.82) is 0 Å². The fraction of sp³-hybridized carbons (Fsp3) is 0.250. The minimum Gasteiger partial charge on any atom is -0.378 e. The van der Waals surface area contributed by atoms with E-state index in [2.05, 4.69) is 4.72 Å². The van der Waals surface area contributed by atoms with Crippen LogP contribution in [0.5, 0.6) is 0 Å². The molecule has 2 nitrogen and oxygen atoms in total. The molecule has 90 valence electrons. The van der Waals surface area contributed by atoms with Crippen LogP contribution < -0.4 is 4.72 Å². The van der Waals surface area contributed by atoms with Crippen molar-refractivity contribution in [1.82, 2.24) is 4.72 Å². The van der Waals surface area contributed by atoms with E-state index in [0.717, 1.165) is 11.9 Å². The van der Waals surface area contributed by atoms with Gasteiger partial charge in [-0.1, -0.05) is 58.0 Å². The molecule has 16 heavy (non-hydrogen) atoms. The van der Waals surface area contributed by atoms with E-state index in [9.17, 15) is 0 Å². The van der Waals surface area contributed by atoms with Crippen LogP contribution in [0.15, 0.2) is 4.90 Å². The average molecular weight is 341 g/mol. The number of hydrogen-bond acceptors (Lipinski definition) is 3. The Bertz CT molecular complexity index is 383. The molecule has 0 radical (unpaired) electrons. The topological polar surface area (TPSA) is 32.3 Å². The lowest BCUT2D eigenvalue weighted by molar-refractivity contribution is 0.188. The van der Waals surface area contributed by atoms with Crippen LogP contribution in [0.25, 0.3) is 0 Å². The fourth-order valence-corrected chi connectivity index (χ4v) is 2.97. The maximum Gasteiger partial charge on any atom is 0.111 e. The zero-order valence-electron chi connectivity index (χ0n) is 7.82. The van der Waals surface area contributed by atoms with Crippen molar-refractivity contribution < 1.29 is 5.11 Å². The highest BCUT2D eigenvalue weighted by atomic mass is 35.5. The number of rotatable bonds is 3. The Balaban J connectivity index is 3.18. The second-order valence-electron chi connectivity index (χ2n) is 2.79. The zero-order chi connectivity index (χ0) is 12.5. The Morgan fingerprint density at radius 1 is 0.938 bits per heavy atom. The maximum atomic E-state index is 9.08. The highest BCUT2D eigenvalue weighted by Gasteiger charge is 2.19. The van der Waals surface area contributed by atoms with Crippen molar-refractivity contribution in [3.8, 4) is 0 Å². The van der Waals surface area contributed by atoms with Gasteiger partial charge in [0, 0.05) is 0 Å². The molecule has 0 aliphatic rings. The molecular weight excluding hydrogens is 335 g/mol. The number of nitrogens with one attached hydrogen (secondary N) is 1. The summed E-state index contributed by atoms with van der Waals surface area (Å²) in [6.45, 7) is 1.55. The zero-order valence-corrected chi connectivity index (χ0v) is 12.4. The van der Waals surface area contributed by atoms with Gasteiger partial charge in [-0.25, -0.2) is 4.72 Å². The number of benzene rings is 1. The van der Waals surface area contributed by atoms with Gasteiger partial charge in [0.2, 0.25) is 0 Å². The van der Waals surface area contributed by atoms with Crippen molar-refractivity contribution in [2.24, 2.45) is 0 Å². The Kier molecular flexibility index (Phi) is 5.82. The maximum absolute atomic E-state index is 9.08. The second kappa shape index (κ2) is 6.21. The molecule has 0 aromatic heterocycles. The largest absolute Gasteiger partial charge is 0.378 e. The summed E-state index contributed by atoms with van der Waals surface area (Å²) < 4.78 is 2.66. The van der Waals surface area contributed by atoms with Gasteiger partial charge in [0.05, 0.1) is 30.0 Å². The summed E-state index contributed by atoms with van der Waals surface area (Å²) in [4.78, 5) is 0.420. The van der Waals surface area contributed by atoms with Crippen molar-refractivity contribution in [3.63, 3.8) is 0 Å². The lowest BCUT2D eigenvalue weighted by Crippen LogP contribution is -2.17. The van der Waals surface area contributed by atoms with Gasteiger partial charge in [-0.15, -0.1) is 0 Å². The summed E-state index contributed by atoms with van der Waals surface area (Å²) in [5, 5.41) is 9.84. The van der Waals surface area contributed by atoms with Crippen LogP contribution in [0.1, 0.15) is 6.92 Å². The van der Waals surface area contributed by atoms with E-state index in [1.807, 2.05) is 0 Å². The normalized spacial score (nSPS) is 12.9. The molecule has 0 spiro atoms. The minimum atomic E-state index is -0.731. The van der Waals surface area contributed by atoms with E-state index < -0.39 is 6.23 Å². The van der Waals surface area contributed by atoms with Crippen molar-refractivity contribution in [2.75, 3.05) is 0 Å². The molecular formula is C8H6Cl5NOS. The quantitative estimate of drug-likeness (QED) is 0.355. The van der Waals surface area contributed by atoms with Gasteiger partial charge >= 0.3 is 0 Å². The third-order valence-electron chi connectivity index (χ3n) is 1.50. The highest BCUT2D eigenvalue weighted by molar-refractivity contribution is 7.97. The van der Waals surface area contributed by atoms with Gasteiger partial charge in [-0.3, -0.25) is 0 Å². The molecule has 0 amide bonds. The first-order valence-corrected chi connectivity index (χ1v) is 6.68. The molecule has 1 rings (SSSR count). The molecule has 8 heteroatoms. The van der Waals surface area contributed by atoms with Gasteiger partial charge in [0.15, 0.2) is 0 Å². The van der Waals surface area contributed by atoms with Crippen molar-refractivity contribution in [2.45, 2.75) is 18.0 Å². The number of aliphatic hydroxyl groups is 1. The van der Waals surface area contributed by atoms with Crippen LogP contribution in [0, 0.1) is 0 Å². The summed E-state index contributed by atoms with van der Waals surface area (Å²) in [6, 6.07) is 0. The third kappa shape index (κ3) is 3.24. The first-order valence-electron chi connectivity index (χ1n) is 3.98. The number of halogens is 5. The fourth-order valence-electron chi connectivity index (χ4n) is 0.819. The Labute approximate surface area is 122 Å². The van der Waals surface area contributed by atoms with Crippen LogP contribution in [0.3, 0.4) is 0 Å². The number of hydrogen-bond donors (Lipinski definition) is 2. The lowest BCUT2D eigenvalue weighted by Gasteiger charge is -2.13. The van der Waals surface area contributed by atoms with E-state index in [1.54, 1.807) is 6.92 Å². The highest BCUT2D eigenvalue weighted by Crippen LogP contribution is 2.47. The second-order valence-corrected chi connectivity index (χ2v) is 5.53. The van der Waals surface area contributed by atoms with E-state index >= 15 is 0 Å². The summed E-state index contributed by atoms with van der Waals surface area (Å²) in [7, 11) is 0. The molecule has 0 aliphatic carbocycles. The van der Waals surface area contributed by atoms with Gasteiger partial charge in [0.25, 0.3) is 0 Å². The number of aliphatic hydroxyl groups excluding tert-OH is 1. The molecule has 1 atom stereocenters. The van der Waals surface area contributed by atoms with Crippen LogP contribution in [0.4, 0.5) is 0 Å². The summed E-state index contributed by atoms with van der Waals surface area (Å²) >= 11 is 30.5. The molecule has 0 aliphatic heterocycles. The molecule has 0 saturated carbocycles. The third-order valence-corrected chi connectivity index (χ3v) is 5.07. The Morgan fingerprint density at radius 3 is 1.69 bits per heavy atom. The minimum absolute atomic E-state index is 0.111. The molecule has 0 fully saturated rings. The molecule has 1 aromatic carbocycles. The summed E-state index contributed by atoms with van der Waals surface area (Å²) in [6.07, 6.45) is -0.731. The molecule has 1 aromatic rings. The van der Waals surface area contributed by atoms with Crippen molar-refractivity contribution >= 4 is 70.0 Å². The van der Waals surface area contributed by atoms with Crippen LogP contribution in [0.2, 0.25) is 25.1 Å². The van der Waals surface area contributed by atoms with Crippen LogP contribution >= 0.6 is 70.0 Å². The first kappa shape index (κ1) is 15.0. The monoisotopic (exact) mass is 339 g/mol. The molecule has 0 heterocycles. The van der Waals surface area contributed by atoms with E-state index in [4.69, 9.17) is 63.1 Å². The van der Waals surface area contributed by atoms with Gasteiger partial charge in [-0.2, -0.15) is 0 Å². The van der Waals surface area contributed by atoms with E-state index in [1.165, 1.54) is 0 Å².